The van der Waals surface area contributed by atoms with Gasteiger partial charge in [-0.15, -0.1) is 0 Å². The maximum atomic E-state index is 2.34. The van der Waals surface area contributed by atoms with Gasteiger partial charge in [-0.05, 0) is 24.0 Å². The van der Waals surface area contributed by atoms with Crippen LogP contribution in [-0.4, -0.2) is 4.57 Å². The Morgan fingerprint density at radius 1 is 0.742 bits per heavy atom. The number of aromatic nitrogens is 1. The zero-order valence-electron chi connectivity index (χ0n) is 18.3. The van der Waals surface area contributed by atoms with E-state index in [-0.39, 0.29) is 0 Å². The van der Waals surface area contributed by atoms with Crippen molar-refractivity contribution in [1.29, 1.82) is 0 Å². The van der Waals surface area contributed by atoms with Crippen LogP contribution in [0.5, 0.6) is 0 Å². The monoisotopic (exact) mass is 480 g/mol. The van der Waals surface area contributed by atoms with Crippen molar-refractivity contribution in [2.24, 2.45) is 0 Å². The topological polar surface area (TPSA) is 4.93 Å². The molecule has 153 valence electrons. The first kappa shape index (κ1) is 21.8. The number of benzene rings is 3. The molecule has 1 aliphatic carbocycles. The first-order valence-electron chi connectivity index (χ1n) is 10.9. The van der Waals surface area contributed by atoms with Gasteiger partial charge in [-0.3, -0.25) is 0 Å². The van der Waals surface area contributed by atoms with E-state index >= 15 is 0 Å². The molecular formula is C29H28NZr. The normalized spacial score (nSPS) is 14.4. The molecule has 0 spiro atoms. The number of allylic oxidation sites excluding steroid dienone is 1. The molecule has 1 heterocycles. The SMILES string of the molecule is Cc1cc(C)n(C2=Cc3ccccc3[CH]2[Zr])c1.c1ccc(CCc2ccccc2)cc1. The number of hydrogen-bond donors (Lipinski definition) is 0. The van der Waals surface area contributed by atoms with Gasteiger partial charge in [-0.2, -0.15) is 0 Å². The van der Waals surface area contributed by atoms with Crippen molar-refractivity contribution in [3.8, 4) is 0 Å². The van der Waals surface area contributed by atoms with E-state index in [4.69, 9.17) is 0 Å². The van der Waals surface area contributed by atoms with Crippen molar-refractivity contribution in [3.05, 3.63) is 131 Å². The van der Waals surface area contributed by atoms with Gasteiger partial charge in [0.2, 0.25) is 0 Å². The fourth-order valence-electron chi connectivity index (χ4n) is 4.11. The van der Waals surface area contributed by atoms with Crippen molar-refractivity contribution >= 4 is 11.8 Å². The summed E-state index contributed by atoms with van der Waals surface area (Å²) in [4.78, 5) is 0. The second-order valence-electron chi connectivity index (χ2n) is 8.13. The number of fused-ring (bicyclic) bond motifs is 1. The molecule has 0 radical (unpaired) electrons. The Morgan fingerprint density at radius 2 is 1.29 bits per heavy atom. The van der Waals surface area contributed by atoms with Crippen molar-refractivity contribution in [1.82, 2.24) is 4.57 Å². The molecule has 3 aromatic carbocycles. The first-order chi connectivity index (χ1) is 15.1. The number of hydrogen-bond acceptors (Lipinski definition) is 0. The summed E-state index contributed by atoms with van der Waals surface area (Å²) in [5.41, 5.74) is 9.78. The van der Waals surface area contributed by atoms with Crippen LogP contribution in [0, 0.1) is 13.8 Å². The number of aryl methyl sites for hydroxylation is 4. The Labute approximate surface area is 201 Å². The van der Waals surface area contributed by atoms with Gasteiger partial charge in [0.25, 0.3) is 0 Å². The molecule has 0 aliphatic heterocycles. The zero-order chi connectivity index (χ0) is 21.6. The molecule has 0 N–H and O–H groups in total. The molecule has 0 amide bonds. The van der Waals surface area contributed by atoms with E-state index in [1.165, 1.54) is 39.2 Å². The van der Waals surface area contributed by atoms with E-state index in [2.05, 4.69) is 122 Å². The van der Waals surface area contributed by atoms with E-state index in [0.29, 0.717) is 3.63 Å². The van der Waals surface area contributed by atoms with Crippen LogP contribution in [0.1, 0.15) is 37.1 Å². The largest absolute Gasteiger partial charge is 0.0622 e. The fourth-order valence-corrected chi connectivity index (χ4v) is 5.31. The predicted molar refractivity (Wildman–Crippen MR) is 128 cm³/mol. The predicted octanol–water partition coefficient (Wildman–Crippen LogP) is 7.18. The van der Waals surface area contributed by atoms with E-state index in [9.17, 15) is 0 Å². The molecule has 0 saturated heterocycles. The molecule has 1 aromatic heterocycles. The summed E-state index contributed by atoms with van der Waals surface area (Å²) in [5.74, 6) is 0. The molecule has 1 atom stereocenters. The third-order valence-electron chi connectivity index (χ3n) is 5.72. The van der Waals surface area contributed by atoms with E-state index in [1.807, 2.05) is 0 Å². The smallest absolute Gasteiger partial charge is 0.0238 e. The van der Waals surface area contributed by atoms with Crippen molar-refractivity contribution in [3.63, 3.8) is 0 Å². The van der Waals surface area contributed by atoms with Crippen LogP contribution in [0.25, 0.3) is 11.8 Å². The van der Waals surface area contributed by atoms with Gasteiger partial charge in [0.05, 0.1) is 0 Å². The summed E-state index contributed by atoms with van der Waals surface area (Å²) in [5, 5.41) is 0. The second-order valence-corrected chi connectivity index (χ2v) is 9.55. The van der Waals surface area contributed by atoms with Gasteiger partial charge in [-0.1, -0.05) is 60.7 Å². The fraction of sp³-hybridized carbons (Fsp3) is 0.172. The third kappa shape index (κ3) is 5.44. The van der Waals surface area contributed by atoms with Crippen LogP contribution >= 0.6 is 0 Å². The molecule has 1 aliphatic rings. The summed E-state index contributed by atoms with van der Waals surface area (Å²) in [6, 6.07) is 32.2. The average molecular weight is 482 g/mol. The zero-order valence-corrected chi connectivity index (χ0v) is 20.7. The minimum absolute atomic E-state index is 0.573. The molecular weight excluding hydrogens is 454 g/mol. The summed E-state index contributed by atoms with van der Waals surface area (Å²) >= 11 is 1.56. The molecule has 0 fully saturated rings. The molecule has 1 unspecified atom stereocenters. The summed E-state index contributed by atoms with van der Waals surface area (Å²) in [7, 11) is 0. The number of rotatable bonds is 4. The Kier molecular flexibility index (Phi) is 7.20. The van der Waals surface area contributed by atoms with Gasteiger partial charge in [0.1, 0.15) is 0 Å². The Balaban J connectivity index is 0.000000152. The molecule has 1 nitrogen and oxygen atoms in total. The van der Waals surface area contributed by atoms with Crippen LogP contribution < -0.4 is 0 Å². The second kappa shape index (κ2) is 10.2. The van der Waals surface area contributed by atoms with Crippen molar-refractivity contribution < 1.29 is 24.7 Å². The Hall–Kier alpha value is -2.44. The van der Waals surface area contributed by atoms with Crippen molar-refractivity contribution in [2.45, 2.75) is 30.3 Å². The van der Waals surface area contributed by atoms with E-state index in [0.717, 1.165) is 12.8 Å². The molecule has 5 rings (SSSR count). The molecule has 0 bridgehead atoms. The average Bonchev–Trinajstić information content (AvgIpc) is 3.32. The summed E-state index contributed by atoms with van der Waals surface area (Å²) < 4.78 is 2.92. The van der Waals surface area contributed by atoms with Crippen LogP contribution in [-0.2, 0) is 37.6 Å². The summed E-state index contributed by atoms with van der Waals surface area (Å²) in [6.07, 6.45) is 6.83. The van der Waals surface area contributed by atoms with E-state index < -0.39 is 0 Å². The summed E-state index contributed by atoms with van der Waals surface area (Å²) in [6.45, 7) is 4.34. The minimum Gasteiger partial charge on any atom is -0.0622 e. The van der Waals surface area contributed by atoms with Crippen LogP contribution in [0.4, 0.5) is 0 Å². The quantitative estimate of drug-likeness (QED) is 0.291. The molecule has 31 heavy (non-hydrogen) atoms. The standard InChI is InChI=1S/C15H14N.C14H14.Zr/c1-11-7-12(2)16(10-11)15-8-13-5-3-4-6-14(13)9-15;1-3-7-13(8-4-1)11-12-14-9-5-2-6-10-14;/h3-10H,1-2H3;1-10H,11-12H2;. The maximum absolute atomic E-state index is 2.34. The van der Waals surface area contributed by atoms with Crippen molar-refractivity contribution in [2.75, 3.05) is 0 Å². The van der Waals surface area contributed by atoms with Gasteiger partial charge in [-0.25, -0.2) is 0 Å². The molecule has 0 saturated carbocycles. The number of nitrogens with zero attached hydrogens (tertiary/aromatic N) is 1. The van der Waals surface area contributed by atoms with Crippen LogP contribution in [0.3, 0.4) is 0 Å². The maximum Gasteiger partial charge on any atom is -0.0238 e. The first-order valence-corrected chi connectivity index (χ1v) is 12.3. The minimum atomic E-state index is 0.573. The Bertz CT molecular complexity index is 1120. The van der Waals surface area contributed by atoms with Gasteiger partial charge in [0.15, 0.2) is 0 Å². The molecule has 4 aromatic rings. The van der Waals surface area contributed by atoms with Crippen LogP contribution in [0.15, 0.2) is 97.2 Å². The van der Waals surface area contributed by atoms with Gasteiger partial charge in [0, 0.05) is 0 Å². The third-order valence-corrected chi connectivity index (χ3v) is 7.21. The van der Waals surface area contributed by atoms with Crippen LogP contribution in [0.2, 0.25) is 0 Å². The van der Waals surface area contributed by atoms with Gasteiger partial charge >= 0.3 is 117 Å². The Morgan fingerprint density at radius 3 is 1.81 bits per heavy atom. The van der Waals surface area contributed by atoms with E-state index in [1.54, 1.807) is 24.7 Å². The molecule has 2 heteroatoms. The van der Waals surface area contributed by atoms with Gasteiger partial charge < -0.3 is 0 Å².